The Balaban J connectivity index is 0.00000364. The van der Waals surface area contributed by atoms with Crippen LogP contribution in [0, 0.1) is 5.92 Å². The first-order valence-electron chi connectivity index (χ1n) is 9.66. The summed E-state index contributed by atoms with van der Waals surface area (Å²) in [4.78, 5) is 9.42. The van der Waals surface area contributed by atoms with Crippen molar-refractivity contribution in [3.8, 4) is 5.75 Å². The smallest absolute Gasteiger partial charge is 0.193 e. The van der Waals surface area contributed by atoms with Gasteiger partial charge in [0.15, 0.2) is 5.96 Å². The summed E-state index contributed by atoms with van der Waals surface area (Å²) in [6, 6.07) is 9.92. The molecular formula is C20H35IN4O2. The van der Waals surface area contributed by atoms with E-state index in [0.717, 1.165) is 64.2 Å². The van der Waals surface area contributed by atoms with Crippen molar-refractivity contribution in [2.75, 3.05) is 66.1 Å². The summed E-state index contributed by atoms with van der Waals surface area (Å²) in [6.07, 6.45) is 0. The Bertz CT molecular complexity index is 524. The molecule has 0 spiro atoms. The highest BCUT2D eigenvalue weighted by molar-refractivity contribution is 14.0. The number of para-hydroxylation sites is 1. The van der Waals surface area contributed by atoms with Crippen LogP contribution in [0.2, 0.25) is 0 Å². The number of benzene rings is 1. The molecule has 6 nitrogen and oxygen atoms in total. The minimum Gasteiger partial charge on any atom is -0.492 e. The van der Waals surface area contributed by atoms with Crippen LogP contribution in [-0.2, 0) is 4.74 Å². The van der Waals surface area contributed by atoms with Gasteiger partial charge in [-0.3, -0.25) is 9.89 Å². The molecule has 1 atom stereocenters. The number of morpholine rings is 1. The van der Waals surface area contributed by atoms with E-state index in [9.17, 15) is 0 Å². The van der Waals surface area contributed by atoms with E-state index >= 15 is 0 Å². The molecule has 0 radical (unpaired) electrons. The van der Waals surface area contributed by atoms with Gasteiger partial charge in [-0.2, -0.15) is 0 Å². The van der Waals surface area contributed by atoms with Crippen LogP contribution >= 0.6 is 24.0 Å². The molecule has 1 heterocycles. The second-order valence-electron chi connectivity index (χ2n) is 6.80. The quantitative estimate of drug-likeness (QED) is 0.328. The first kappa shape index (κ1) is 24.0. The molecule has 0 amide bonds. The predicted octanol–water partition coefficient (Wildman–Crippen LogP) is 2.55. The number of rotatable bonds is 9. The molecule has 7 heteroatoms. The zero-order valence-electron chi connectivity index (χ0n) is 16.9. The largest absolute Gasteiger partial charge is 0.492 e. The van der Waals surface area contributed by atoms with Gasteiger partial charge in [0.25, 0.3) is 0 Å². The molecule has 1 fully saturated rings. The second kappa shape index (κ2) is 14.0. The van der Waals surface area contributed by atoms with Crippen LogP contribution in [0.5, 0.6) is 5.75 Å². The van der Waals surface area contributed by atoms with E-state index in [-0.39, 0.29) is 24.0 Å². The van der Waals surface area contributed by atoms with Gasteiger partial charge in [0.05, 0.1) is 19.8 Å². The lowest BCUT2D eigenvalue weighted by atomic mass is 10.1. The second-order valence-corrected chi connectivity index (χ2v) is 6.80. The highest BCUT2D eigenvalue weighted by atomic mass is 127. The maximum atomic E-state index is 5.79. The average molecular weight is 490 g/mol. The lowest BCUT2D eigenvalue weighted by molar-refractivity contribution is 0.0323. The number of hydrogen-bond acceptors (Lipinski definition) is 4. The Labute approximate surface area is 181 Å². The fourth-order valence-electron chi connectivity index (χ4n) is 2.92. The molecule has 0 bridgehead atoms. The molecule has 1 aliphatic rings. The topological polar surface area (TPSA) is 49.3 Å². The number of guanidine groups is 1. The molecule has 0 aliphatic carbocycles. The van der Waals surface area contributed by atoms with Crippen LogP contribution in [0.1, 0.15) is 13.8 Å². The Morgan fingerprint density at radius 1 is 1.30 bits per heavy atom. The number of nitrogens with zero attached hydrogens (tertiary/aromatic N) is 3. The summed E-state index contributed by atoms with van der Waals surface area (Å²) in [5.74, 6) is 2.37. The summed E-state index contributed by atoms with van der Waals surface area (Å²) >= 11 is 0. The maximum absolute atomic E-state index is 5.79. The van der Waals surface area contributed by atoms with Crippen molar-refractivity contribution in [2.45, 2.75) is 13.8 Å². The molecule has 0 saturated carbocycles. The third-order valence-corrected chi connectivity index (χ3v) is 4.36. The molecule has 1 aromatic carbocycles. The third-order valence-electron chi connectivity index (χ3n) is 4.36. The van der Waals surface area contributed by atoms with E-state index in [1.54, 1.807) is 0 Å². The van der Waals surface area contributed by atoms with Crippen LogP contribution in [0.15, 0.2) is 35.3 Å². The summed E-state index contributed by atoms with van der Waals surface area (Å²) in [5, 5.41) is 3.38. The number of nitrogens with one attached hydrogen (secondary N) is 1. The first-order chi connectivity index (χ1) is 12.7. The molecule has 0 aromatic heterocycles. The molecule has 1 aliphatic heterocycles. The lowest BCUT2D eigenvalue weighted by Gasteiger charge is -2.29. The average Bonchev–Trinajstić information content (AvgIpc) is 2.66. The predicted molar refractivity (Wildman–Crippen MR) is 122 cm³/mol. The minimum absolute atomic E-state index is 0. The Hall–Kier alpha value is -1.06. The molecule has 2 rings (SSSR count). The number of aliphatic imine (C=N–C) groups is 1. The SMILES string of the molecule is CCNC(=NCC(C)CN1CCOCC1)N(C)CCOc1ccccc1.I. The lowest BCUT2D eigenvalue weighted by Crippen LogP contribution is -2.42. The zero-order chi connectivity index (χ0) is 18.6. The van der Waals surface area contributed by atoms with E-state index in [4.69, 9.17) is 14.5 Å². The molecule has 154 valence electrons. The van der Waals surface area contributed by atoms with Gasteiger partial charge >= 0.3 is 0 Å². The van der Waals surface area contributed by atoms with Gasteiger partial charge in [0.2, 0.25) is 0 Å². The Kier molecular flexibility index (Phi) is 12.4. The highest BCUT2D eigenvalue weighted by Crippen LogP contribution is 2.08. The fourth-order valence-corrected chi connectivity index (χ4v) is 2.92. The minimum atomic E-state index is 0. The summed E-state index contributed by atoms with van der Waals surface area (Å²) in [7, 11) is 2.06. The number of hydrogen-bond donors (Lipinski definition) is 1. The van der Waals surface area contributed by atoms with Gasteiger partial charge < -0.3 is 19.7 Å². The standard InChI is InChI=1S/C20H34N4O2.HI/c1-4-21-20(22-16-18(2)17-24-11-13-25-14-12-24)23(3)10-15-26-19-8-6-5-7-9-19;/h5-9,18H,4,10-17H2,1-3H3,(H,21,22);1H. The van der Waals surface area contributed by atoms with E-state index in [0.29, 0.717) is 12.5 Å². The number of likely N-dealkylation sites (N-methyl/N-ethyl adjacent to an activating group) is 1. The van der Waals surface area contributed by atoms with Crippen molar-refractivity contribution in [1.29, 1.82) is 0 Å². The van der Waals surface area contributed by atoms with Gasteiger partial charge in [0.1, 0.15) is 12.4 Å². The van der Waals surface area contributed by atoms with E-state index < -0.39 is 0 Å². The highest BCUT2D eigenvalue weighted by Gasteiger charge is 2.14. The fraction of sp³-hybridized carbons (Fsp3) is 0.650. The molecule has 1 saturated heterocycles. The summed E-state index contributed by atoms with van der Waals surface area (Å²) in [5.41, 5.74) is 0. The molecule has 1 aromatic rings. The van der Waals surface area contributed by atoms with Gasteiger partial charge in [0, 0.05) is 39.8 Å². The Morgan fingerprint density at radius 2 is 2.00 bits per heavy atom. The van der Waals surface area contributed by atoms with Crippen molar-refractivity contribution in [3.05, 3.63) is 30.3 Å². The maximum Gasteiger partial charge on any atom is 0.193 e. The van der Waals surface area contributed by atoms with Crippen molar-refractivity contribution in [2.24, 2.45) is 10.9 Å². The van der Waals surface area contributed by atoms with Gasteiger partial charge in [-0.25, -0.2) is 0 Å². The van der Waals surface area contributed by atoms with Crippen LogP contribution in [0.25, 0.3) is 0 Å². The molecule has 1 N–H and O–H groups in total. The van der Waals surface area contributed by atoms with Gasteiger partial charge in [-0.05, 0) is 25.0 Å². The Morgan fingerprint density at radius 3 is 2.67 bits per heavy atom. The first-order valence-corrected chi connectivity index (χ1v) is 9.66. The van der Waals surface area contributed by atoms with Gasteiger partial charge in [-0.1, -0.05) is 25.1 Å². The van der Waals surface area contributed by atoms with Crippen molar-refractivity contribution >= 4 is 29.9 Å². The molecule has 1 unspecified atom stereocenters. The van der Waals surface area contributed by atoms with Crippen LogP contribution in [0.3, 0.4) is 0 Å². The van der Waals surface area contributed by atoms with Crippen molar-refractivity contribution in [3.63, 3.8) is 0 Å². The van der Waals surface area contributed by atoms with Crippen LogP contribution in [-0.4, -0.2) is 81.9 Å². The monoisotopic (exact) mass is 490 g/mol. The normalized spacial score (nSPS) is 16.3. The molecular weight excluding hydrogens is 455 g/mol. The van der Waals surface area contributed by atoms with Crippen LogP contribution < -0.4 is 10.1 Å². The van der Waals surface area contributed by atoms with E-state index in [2.05, 4.69) is 36.0 Å². The molecule has 27 heavy (non-hydrogen) atoms. The zero-order valence-corrected chi connectivity index (χ0v) is 19.2. The number of halogens is 1. The van der Waals surface area contributed by atoms with Crippen molar-refractivity contribution < 1.29 is 9.47 Å². The third kappa shape index (κ3) is 9.62. The van der Waals surface area contributed by atoms with E-state index in [1.807, 2.05) is 30.3 Å². The van der Waals surface area contributed by atoms with Gasteiger partial charge in [-0.15, -0.1) is 24.0 Å². The summed E-state index contributed by atoms with van der Waals surface area (Å²) in [6.45, 7) is 12.3. The van der Waals surface area contributed by atoms with E-state index in [1.165, 1.54) is 0 Å². The van der Waals surface area contributed by atoms with Crippen molar-refractivity contribution in [1.82, 2.24) is 15.1 Å². The van der Waals surface area contributed by atoms with Crippen LogP contribution in [0.4, 0.5) is 0 Å². The summed E-state index contributed by atoms with van der Waals surface area (Å²) < 4.78 is 11.2. The number of ether oxygens (including phenoxy) is 2.